The summed E-state index contributed by atoms with van der Waals surface area (Å²) in [4.78, 5) is 15.7. The molecule has 0 bridgehead atoms. The number of hydrogen-bond donors (Lipinski definition) is 1. The van der Waals surface area contributed by atoms with Gasteiger partial charge in [-0.1, -0.05) is 55.0 Å². The Morgan fingerprint density at radius 2 is 1.76 bits per heavy atom. The van der Waals surface area contributed by atoms with E-state index >= 15 is 0 Å². The van der Waals surface area contributed by atoms with E-state index in [0.29, 0.717) is 11.3 Å². The number of rotatable bonds is 8. The van der Waals surface area contributed by atoms with Gasteiger partial charge < -0.3 is 5.32 Å². The Morgan fingerprint density at radius 3 is 2.57 bits per heavy atom. The van der Waals surface area contributed by atoms with E-state index < -0.39 is 15.1 Å². The van der Waals surface area contributed by atoms with Gasteiger partial charge in [-0.3, -0.25) is 9.69 Å². The van der Waals surface area contributed by atoms with E-state index in [2.05, 4.69) is 28.4 Å². The van der Waals surface area contributed by atoms with Gasteiger partial charge in [-0.15, -0.1) is 0 Å². The molecule has 0 unspecified atom stereocenters. The predicted octanol–water partition coefficient (Wildman–Crippen LogP) is 5.96. The summed E-state index contributed by atoms with van der Waals surface area (Å²) in [6, 6.07) is 19.8. The molecule has 5 rings (SSSR count). The number of hydrogen-bond acceptors (Lipinski definition) is 4. The molecule has 2 atom stereocenters. The highest BCUT2D eigenvalue weighted by Crippen LogP contribution is 2.31. The maximum absolute atomic E-state index is 13.2. The highest BCUT2D eigenvalue weighted by atomic mass is 32.2. The first-order valence-electron chi connectivity index (χ1n) is 13.8. The molecular weight excluding hydrogens is 480 g/mol. The van der Waals surface area contributed by atoms with Gasteiger partial charge in [0.2, 0.25) is 5.91 Å². The largest absolute Gasteiger partial charge is 0.349 e. The van der Waals surface area contributed by atoms with Crippen molar-refractivity contribution in [3.05, 3.63) is 77.4 Å². The molecule has 1 saturated heterocycles. The highest BCUT2D eigenvalue weighted by Gasteiger charge is 2.26. The maximum Gasteiger partial charge on any atom is 0.220 e. The Balaban J connectivity index is 1.18. The average Bonchev–Trinajstić information content (AvgIpc) is 2.92. The molecule has 1 aliphatic carbocycles. The number of piperidine rings is 1. The SMILES string of the molecule is C[C@H](CCC(=O)N[C@@H]1CCCc2cc(CN3CCCCC3)ccc21)S(=O)(=O)c1ccc2ccccc2c1. The van der Waals surface area contributed by atoms with Gasteiger partial charge in [-0.2, -0.15) is 0 Å². The molecule has 1 aliphatic heterocycles. The molecule has 0 aromatic heterocycles. The molecule has 1 fully saturated rings. The van der Waals surface area contributed by atoms with E-state index in [-0.39, 0.29) is 18.4 Å². The fourth-order valence-corrected chi connectivity index (χ4v) is 7.27. The monoisotopic (exact) mass is 518 g/mol. The van der Waals surface area contributed by atoms with Crippen molar-refractivity contribution in [1.29, 1.82) is 0 Å². The lowest BCUT2D eigenvalue weighted by molar-refractivity contribution is -0.122. The van der Waals surface area contributed by atoms with Crippen LogP contribution in [0.25, 0.3) is 10.8 Å². The van der Waals surface area contributed by atoms with Gasteiger partial charge >= 0.3 is 0 Å². The molecule has 5 nitrogen and oxygen atoms in total. The van der Waals surface area contributed by atoms with Crippen LogP contribution in [0.2, 0.25) is 0 Å². The van der Waals surface area contributed by atoms with Crippen LogP contribution < -0.4 is 5.32 Å². The third kappa shape index (κ3) is 6.07. The number of benzene rings is 3. The van der Waals surface area contributed by atoms with Crippen LogP contribution in [0.4, 0.5) is 0 Å². The molecule has 37 heavy (non-hydrogen) atoms. The lowest BCUT2D eigenvalue weighted by atomic mass is 9.86. The molecule has 2 aliphatic rings. The van der Waals surface area contributed by atoms with Gasteiger partial charge in [0.05, 0.1) is 16.2 Å². The summed E-state index contributed by atoms with van der Waals surface area (Å²) in [5, 5.41) is 4.49. The number of nitrogens with one attached hydrogen (secondary N) is 1. The number of likely N-dealkylation sites (tertiary alicyclic amines) is 1. The van der Waals surface area contributed by atoms with Crippen molar-refractivity contribution >= 4 is 26.5 Å². The third-order valence-electron chi connectivity index (χ3n) is 8.07. The number of sulfone groups is 1. The van der Waals surface area contributed by atoms with Gasteiger partial charge in [0.15, 0.2) is 9.84 Å². The molecule has 0 radical (unpaired) electrons. The summed E-state index contributed by atoms with van der Waals surface area (Å²) in [7, 11) is -3.51. The first-order valence-corrected chi connectivity index (χ1v) is 15.3. The topological polar surface area (TPSA) is 66.5 Å². The van der Waals surface area contributed by atoms with Crippen molar-refractivity contribution in [1.82, 2.24) is 10.2 Å². The Labute approximate surface area is 221 Å². The highest BCUT2D eigenvalue weighted by molar-refractivity contribution is 7.92. The quantitative estimate of drug-likeness (QED) is 0.399. The Bertz CT molecular complexity index is 1360. The molecular formula is C31H38N2O3S. The molecule has 1 heterocycles. The number of nitrogens with zero attached hydrogens (tertiary/aromatic N) is 1. The second-order valence-corrected chi connectivity index (χ2v) is 13.2. The van der Waals surface area contributed by atoms with Gasteiger partial charge in [0.25, 0.3) is 0 Å². The predicted molar refractivity (Wildman–Crippen MR) is 149 cm³/mol. The van der Waals surface area contributed by atoms with Crippen LogP contribution in [-0.2, 0) is 27.6 Å². The normalized spacial score (nSPS) is 19.3. The zero-order valence-corrected chi connectivity index (χ0v) is 22.6. The molecule has 196 valence electrons. The van der Waals surface area contributed by atoms with Crippen molar-refractivity contribution < 1.29 is 13.2 Å². The van der Waals surface area contributed by atoms with E-state index in [1.54, 1.807) is 19.1 Å². The summed E-state index contributed by atoms with van der Waals surface area (Å²) in [5.74, 6) is -0.0733. The van der Waals surface area contributed by atoms with E-state index in [9.17, 15) is 13.2 Å². The minimum Gasteiger partial charge on any atom is -0.349 e. The number of carbonyl (C=O) groups is 1. The smallest absolute Gasteiger partial charge is 0.220 e. The van der Waals surface area contributed by atoms with Crippen molar-refractivity contribution in [3.8, 4) is 0 Å². The summed E-state index contributed by atoms with van der Waals surface area (Å²) < 4.78 is 26.4. The van der Waals surface area contributed by atoms with Crippen molar-refractivity contribution in [3.63, 3.8) is 0 Å². The third-order valence-corrected chi connectivity index (χ3v) is 10.3. The number of amides is 1. The van der Waals surface area contributed by atoms with Crippen molar-refractivity contribution in [2.45, 2.75) is 81.0 Å². The van der Waals surface area contributed by atoms with Gasteiger partial charge in [-0.05, 0) is 98.1 Å². The van der Waals surface area contributed by atoms with Crippen LogP contribution in [0.3, 0.4) is 0 Å². The zero-order chi connectivity index (χ0) is 25.8. The van der Waals surface area contributed by atoms with E-state index in [0.717, 1.165) is 36.6 Å². The first kappa shape index (κ1) is 25.9. The summed E-state index contributed by atoms with van der Waals surface area (Å²) in [6.07, 6.45) is 7.46. The number of fused-ring (bicyclic) bond motifs is 2. The molecule has 3 aromatic carbocycles. The summed E-state index contributed by atoms with van der Waals surface area (Å²) in [5.41, 5.74) is 3.93. The fraction of sp³-hybridized carbons (Fsp3) is 0.452. The fourth-order valence-electron chi connectivity index (χ4n) is 5.82. The van der Waals surface area contributed by atoms with Gasteiger partial charge in [0, 0.05) is 13.0 Å². The molecule has 1 amide bonds. The molecule has 0 spiro atoms. The van der Waals surface area contributed by atoms with Gasteiger partial charge in [0.1, 0.15) is 0 Å². The lowest BCUT2D eigenvalue weighted by Gasteiger charge is -2.29. The molecule has 1 N–H and O–H groups in total. The number of carbonyl (C=O) groups excluding carboxylic acids is 1. The average molecular weight is 519 g/mol. The van der Waals surface area contributed by atoms with Crippen LogP contribution in [0.15, 0.2) is 65.6 Å². The second-order valence-electron chi connectivity index (χ2n) is 10.8. The van der Waals surface area contributed by atoms with Crippen LogP contribution in [0.1, 0.15) is 74.6 Å². The van der Waals surface area contributed by atoms with Crippen LogP contribution in [0, 0.1) is 0 Å². The number of aryl methyl sites for hydroxylation is 1. The minimum atomic E-state index is -3.51. The van der Waals surface area contributed by atoms with Crippen LogP contribution >= 0.6 is 0 Å². The minimum absolute atomic E-state index is 0.00712. The standard InChI is InChI=1S/C31H38N2O3S/c1-23(37(35,36)28-15-14-25-8-3-4-9-26(25)21-28)12-17-31(34)32-30-11-7-10-27-20-24(13-16-29(27)30)22-33-18-5-2-6-19-33/h3-4,8-9,13-16,20-21,23,30H,2,5-7,10-12,17-19,22H2,1H3,(H,32,34)/t23-,30-/m1/s1. The van der Waals surface area contributed by atoms with E-state index in [4.69, 9.17) is 0 Å². The Hall–Kier alpha value is -2.70. The summed E-state index contributed by atoms with van der Waals surface area (Å²) >= 11 is 0. The van der Waals surface area contributed by atoms with E-state index in [1.165, 1.54) is 49.0 Å². The Morgan fingerprint density at radius 1 is 0.973 bits per heavy atom. The maximum atomic E-state index is 13.2. The van der Waals surface area contributed by atoms with Crippen molar-refractivity contribution in [2.24, 2.45) is 0 Å². The van der Waals surface area contributed by atoms with Crippen molar-refractivity contribution in [2.75, 3.05) is 13.1 Å². The second kappa shape index (κ2) is 11.4. The van der Waals surface area contributed by atoms with Crippen LogP contribution in [0.5, 0.6) is 0 Å². The molecule has 0 saturated carbocycles. The zero-order valence-electron chi connectivity index (χ0n) is 21.8. The summed E-state index contributed by atoms with van der Waals surface area (Å²) in [6.45, 7) is 5.08. The van der Waals surface area contributed by atoms with E-state index in [1.807, 2.05) is 30.3 Å². The van der Waals surface area contributed by atoms with Crippen LogP contribution in [-0.4, -0.2) is 37.6 Å². The molecule has 6 heteroatoms. The lowest BCUT2D eigenvalue weighted by Crippen LogP contribution is -2.32. The molecule has 3 aromatic rings. The first-order chi connectivity index (χ1) is 17.9. The Kier molecular flexibility index (Phi) is 7.96. The van der Waals surface area contributed by atoms with Gasteiger partial charge in [-0.25, -0.2) is 8.42 Å².